The maximum Gasteiger partial charge on any atom is 0.225 e. The minimum atomic E-state index is 0.263. The van der Waals surface area contributed by atoms with Crippen molar-refractivity contribution in [1.82, 2.24) is 19.9 Å². The first-order valence-corrected chi connectivity index (χ1v) is 13.4. The molecule has 2 aliphatic heterocycles. The van der Waals surface area contributed by atoms with E-state index in [1.165, 1.54) is 19.3 Å². The molecule has 36 heavy (non-hydrogen) atoms. The lowest BCUT2D eigenvalue weighted by Gasteiger charge is -2.31. The van der Waals surface area contributed by atoms with Crippen molar-refractivity contribution in [3.05, 3.63) is 58.3 Å². The summed E-state index contributed by atoms with van der Waals surface area (Å²) in [5, 5.41) is 10.6. The normalized spacial score (nSPS) is 17.4. The van der Waals surface area contributed by atoms with Crippen molar-refractivity contribution < 1.29 is 9.84 Å². The summed E-state index contributed by atoms with van der Waals surface area (Å²) >= 11 is 12.6. The fraction of sp³-hybridized carbons (Fsp3) is 0.444. The molecule has 0 unspecified atom stereocenters. The minimum absolute atomic E-state index is 0.263. The van der Waals surface area contributed by atoms with Gasteiger partial charge in [0.05, 0.1) is 18.1 Å². The van der Waals surface area contributed by atoms with Gasteiger partial charge >= 0.3 is 0 Å². The predicted molar refractivity (Wildman–Crippen MR) is 143 cm³/mol. The molecule has 2 fully saturated rings. The number of hydrogen-bond donors (Lipinski definition) is 1. The first-order valence-electron chi connectivity index (χ1n) is 12.6. The number of aromatic nitrogens is 3. The van der Waals surface area contributed by atoms with Crippen LogP contribution in [0.4, 0.5) is 5.95 Å². The smallest absolute Gasteiger partial charge is 0.225 e. The Morgan fingerprint density at radius 3 is 2.25 bits per heavy atom. The summed E-state index contributed by atoms with van der Waals surface area (Å²) in [6, 6.07) is 9.44. The molecule has 5 rings (SSSR count). The topological polar surface area (TPSA) is 74.6 Å². The third kappa shape index (κ3) is 6.45. The van der Waals surface area contributed by atoms with Crippen molar-refractivity contribution in [1.29, 1.82) is 0 Å². The lowest BCUT2D eigenvalue weighted by Crippen LogP contribution is -2.34. The number of rotatable bonds is 7. The van der Waals surface area contributed by atoms with Crippen LogP contribution in [-0.2, 0) is 6.54 Å². The molecule has 2 aromatic heterocycles. The van der Waals surface area contributed by atoms with E-state index in [0.717, 1.165) is 68.3 Å². The average molecular weight is 528 g/mol. The van der Waals surface area contributed by atoms with Gasteiger partial charge in [-0.2, -0.15) is 0 Å². The molecule has 0 spiro atoms. The van der Waals surface area contributed by atoms with Crippen molar-refractivity contribution in [2.75, 3.05) is 37.7 Å². The Morgan fingerprint density at radius 2 is 1.58 bits per heavy atom. The standard InChI is InChI=1S/C27H31Cl2N5O2/c28-22-12-21(13-23(29)14-22)25-10-20(17-33-8-4-19(18-35)5-9-33)11-26(32-25)36-24-15-30-27(31-16-24)34-6-2-1-3-7-34/h10-16,19,35H,1-9,17-18H2. The van der Waals surface area contributed by atoms with E-state index in [9.17, 15) is 5.11 Å². The van der Waals surface area contributed by atoms with E-state index in [0.29, 0.717) is 27.6 Å². The van der Waals surface area contributed by atoms with E-state index in [4.69, 9.17) is 32.9 Å². The molecular formula is C27H31Cl2N5O2. The van der Waals surface area contributed by atoms with Crippen LogP contribution < -0.4 is 9.64 Å². The van der Waals surface area contributed by atoms with Crippen LogP contribution in [0.5, 0.6) is 11.6 Å². The molecule has 0 radical (unpaired) electrons. The van der Waals surface area contributed by atoms with E-state index in [1.54, 1.807) is 18.5 Å². The number of likely N-dealkylation sites (tertiary alicyclic amines) is 1. The summed E-state index contributed by atoms with van der Waals surface area (Å²) in [6.45, 7) is 4.92. The maximum atomic E-state index is 9.46. The highest BCUT2D eigenvalue weighted by molar-refractivity contribution is 6.35. The number of hydrogen-bond acceptors (Lipinski definition) is 7. The molecular weight excluding hydrogens is 497 g/mol. The zero-order valence-electron chi connectivity index (χ0n) is 20.2. The third-order valence-electron chi connectivity index (χ3n) is 6.87. The van der Waals surface area contributed by atoms with Gasteiger partial charge in [-0.15, -0.1) is 0 Å². The maximum absolute atomic E-state index is 9.46. The molecule has 4 heterocycles. The molecule has 1 N–H and O–H groups in total. The first kappa shape index (κ1) is 25.2. The molecule has 2 aliphatic rings. The van der Waals surface area contributed by atoms with Gasteiger partial charge in [-0.05, 0) is 80.9 Å². The van der Waals surface area contributed by atoms with Crippen LogP contribution in [0, 0.1) is 5.92 Å². The van der Waals surface area contributed by atoms with Crippen molar-refractivity contribution in [3.63, 3.8) is 0 Å². The highest BCUT2D eigenvalue weighted by Gasteiger charge is 2.20. The van der Waals surface area contributed by atoms with Crippen LogP contribution in [0.3, 0.4) is 0 Å². The number of benzene rings is 1. The monoisotopic (exact) mass is 527 g/mol. The van der Waals surface area contributed by atoms with Crippen LogP contribution in [0.2, 0.25) is 10.0 Å². The van der Waals surface area contributed by atoms with Gasteiger partial charge in [0.25, 0.3) is 0 Å². The summed E-state index contributed by atoms with van der Waals surface area (Å²) in [4.78, 5) is 18.4. The molecule has 9 heteroatoms. The Hall–Kier alpha value is -2.45. The molecule has 190 valence electrons. The van der Waals surface area contributed by atoms with Crippen molar-refractivity contribution in [2.24, 2.45) is 5.92 Å². The minimum Gasteiger partial charge on any atom is -0.436 e. The second-order valence-corrected chi connectivity index (χ2v) is 10.5. The Balaban J connectivity index is 1.38. The first-order chi connectivity index (χ1) is 17.6. The number of nitrogens with zero attached hydrogens (tertiary/aromatic N) is 5. The molecule has 0 atom stereocenters. The van der Waals surface area contributed by atoms with E-state index in [-0.39, 0.29) is 6.61 Å². The number of pyridine rings is 1. The van der Waals surface area contributed by atoms with Gasteiger partial charge in [0, 0.05) is 47.9 Å². The molecule has 0 aliphatic carbocycles. The van der Waals surface area contributed by atoms with Gasteiger partial charge < -0.3 is 14.7 Å². The summed E-state index contributed by atoms with van der Waals surface area (Å²) in [5.74, 6) is 2.15. The molecule has 1 aromatic carbocycles. The molecule has 3 aromatic rings. The fourth-order valence-electron chi connectivity index (χ4n) is 4.88. The average Bonchev–Trinajstić information content (AvgIpc) is 2.89. The van der Waals surface area contributed by atoms with Gasteiger partial charge in [0.15, 0.2) is 5.75 Å². The number of halogens is 2. The number of aliphatic hydroxyl groups is 1. The van der Waals surface area contributed by atoms with Gasteiger partial charge in [-0.25, -0.2) is 15.0 Å². The lowest BCUT2D eigenvalue weighted by atomic mass is 9.97. The largest absolute Gasteiger partial charge is 0.436 e. The zero-order chi connectivity index (χ0) is 24.9. The predicted octanol–water partition coefficient (Wildman–Crippen LogP) is 5.83. The Labute approximate surface area is 222 Å². The van der Waals surface area contributed by atoms with Gasteiger partial charge in [-0.3, -0.25) is 4.90 Å². The summed E-state index contributed by atoms with van der Waals surface area (Å²) in [5.41, 5.74) is 2.65. The van der Waals surface area contributed by atoms with Crippen molar-refractivity contribution >= 4 is 29.2 Å². The van der Waals surface area contributed by atoms with E-state index in [1.807, 2.05) is 18.2 Å². The molecule has 0 bridgehead atoms. The van der Waals surface area contributed by atoms with E-state index < -0.39 is 0 Å². The fourth-order valence-corrected chi connectivity index (χ4v) is 5.40. The molecule has 0 saturated carbocycles. The van der Waals surface area contributed by atoms with Crippen molar-refractivity contribution in [3.8, 4) is 22.9 Å². The number of aliphatic hydroxyl groups excluding tert-OH is 1. The SMILES string of the molecule is OCC1CCN(Cc2cc(Oc3cnc(N4CCCCC4)nc3)nc(-c3cc(Cl)cc(Cl)c3)c2)CC1. The number of piperidine rings is 2. The van der Waals surface area contributed by atoms with Crippen LogP contribution in [0.1, 0.15) is 37.7 Å². The quantitative estimate of drug-likeness (QED) is 0.414. The number of anilines is 1. The van der Waals surface area contributed by atoms with Crippen LogP contribution >= 0.6 is 23.2 Å². The third-order valence-corrected chi connectivity index (χ3v) is 7.30. The second-order valence-electron chi connectivity index (χ2n) is 9.63. The Morgan fingerprint density at radius 1 is 0.889 bits per heavy atom. The van der Waals surface area contributed by atoms with Gasteiger partial charge in [0.2, 0.25) is 11.8 Å². The molecule has 0 amide bonds. The highest BCUT2D eigenvalue weighted by atomic mass is 35.5. The van der Waals surface area contributed by atoms with Crippen LogP contribution in [0.15, 0.2) is 42.7 Å². The molecule has 2 saturated heterocycles. The number of ether oxygens (including phenoxy) is 1. The highest BCUT2D eigenvalue weighted by Crippen LogP contribution is 2.31. The van der Waals surface area contributed by atoms with Crippen LogP contribution in [0.25, 0.3) is 11.3 Å². The Kier molecular flexibility index (Phi) is 8.22. The van der Waals surface area contributed by atoms with E-state index >= 15 is 0 Å². The zero-order valence-corrected chi connectivity index (χ0v) is 21.8. The van der Waals surface area contributed by atoms with Crippen LogP contribution in [-0.4, -0.2) is 57.7 Å². The van der Waals surface area contributed by atoms with Gasteiger partial charge in [-0.1, -0.05) is 23.2 Å². The summed E-state index contributed by atoms with van der Waals surface area (Å²) in [7, 11) is 0. The second kappa shape index (κ2) is 11.7. The summed E-state index contributed by atoms with van der Waals surface area (Å²) < 4.78 is 6.14. The van der Waals surface area contributed by atoms with E-state index in [2.05, 4.69) is 25.8 Å². The summed E-state index contributed by atoms with van der Waals surface area (Å²) in [6.07, 6.45) is 9.03. The van der Waals surface area contributed by atoms with Gasteiger partial charge in [0.1, 0.15) is 0 Å². The lowest BCUT2D eigenvalue weighted by molar-refractivity contribution is 0.127. The molecule has 7 nitrogen and oxygen atoms in total. The van der Waals surface area contributed by atoms with Crippen molar-refractivity contribution in [2.45, 2.75) is 38.6 Å². The Bertz CT molecular complexity index is 1140.